The van der Waals surface area contributed by atoms with Gasteiger partial charge in [0.25, 0.3) is 0 Å². The van der Waals surface area contributed by atoms with Crippen LogP contribution in [0.25, 0.3) is 0 Å². The van der Waals surface area contributed by atoms with Gasteiger partial charge in [0.1, 0.15) is 5.78 Å². The van der Waals surface area contributed by atoms with Crippen molar-refractivity contribution in [3.63, 3.8) is 0 Å². The van der Waals surface area contributed by atoms with Crippen molar-refractivity contribution in [1.29, 1.82) is 0 Å². The monoisotopic (exact) mass is 299 g/mol. The standard InChI is InChI=1S/C18H18ClNO/c1-13(21)12-18-17-5-3-2-4-14(17)10-11-20(18)16-8-6-15(19)7-9-16/h2-9,18H,10-12H2,1H3. The van der Waals surface area contributed by atoms with Crippen LogP contribution in [0.3, 0.4) is 0 Å². The van der Waals surface area contributed by atoms with E-state index in [1.54, 1.807) is 6.92 Å². The molecule has 0 saturated heterocycles. The van der Waals surface area contributed by atoms with E-state index >= 15 is 0 Å². The molecular formula is C18H18ClNO. The fourth-order valence-electron chi connectivity index (χ4n) is 3.09. The fourth-order valence-corrected chi connectivity index (χ4v) is 3.21. The minimum atomic E-state index is 0.119. The van der Waals surface area contributed by atoms with E-state index in [-0.39, 0.29) is 11.8 Å². The fraction of sp³-hybridized carbons (Fsp3) is 0.278. The van der Waals surface area contributed by atoms with Gasteiger partial charge in [0, 0.05) is 23.7 Å². The summed E-state index contributed by atoms with van der Waals surface area (Å²) in [4.78, 5) is 14.0. The molecule has 21 heavy (non-hydrogen) atoms. The second-order valence-electron chi connectivity index (χ2n) is 5.54. The van der Waals surface area contributed by atoms with Gasteiger partial charge in [-0.1, -0.05) is 35.9 Å². The summed E-state index contributed by atoms with van der Waals surface area (Å²) >= 11 is 5.98. The van der Waals surface area contributed by atoms with Crippen molar-refractivity contribution >= 4 is 23.1 Å². The van der Waals surface area contributed by atoms with Gasteiger partial charge in [-0.05, 0) is 48.7 Å². The molecule has 0 aromatic heterocycles. The molecule has 0 aliphatic carbocycles. The Morgan fingerprint density at radius 3 is 2.62 bits per heavy atom. The number of halogens is 1. The highest BCUT2D eigenvalue weighted by molar-refractivity contribution is 6.30. The van der Waals surface area contributed by atoms with Crippen LogP contribution in [0.4, 0.5) is 5.69 Å². The summed E-state index contributed by atoms with van der Waals surface area (Å²) in [7, 11) is 0. The number of rotatable bonds is 3. The molecule has 2 nitrogen and oxygen atoms in total. The smallest absolute Gasteiger partial charge is 0.132 e. The van der Waals surface area contributed by atoms with Gasteiger partial charge in [0.15, 0.2) is 0 Å². The molecule has 2 aromatic rings. The van der Waals surface area contributed by atoms with E-state index < -0.39 is 0 Å². The molecule has 1 heterocycles. The third-order valence-electron chi connectivity index (χ3n) is 4.05. The van der Waals surface area contributed by atoms with Gasteiger partial charge in [0.05, 0.1) is 6.04 Å². The minimum Gasteiger partial charge on any atom is -0.364 e. The highest BCUT2D eigenvalue weighted by atomic mass is 35.5. The van der Waals surface area contributed by atoms with E-state index in [0.29, 0.717) is 6.42 Å². The number of nitrogens with zero attached hydrogens (tertiary/aromatic N) is 1. The minimum absolute atomic E-state index is 0.119. The third-order valence-corrected chi connectivity index (χ3v) is 4.30. The Morgan fingerprint density at radius 1 is 1.19 bits per heavy atom. The predicted octanol–water partition coefficient (Wildman–Crippen LogP) is 4.42. The van der Waals surface area contributed by atoms with E-state index in [1.807, 2.05) is 24.3 Å². The van der Waals surface area contributed by atoms with Crippen molar-refractivity contribution in [1.82, 2.24) is 0 Å². The molecule has 3 rings (SSSR count). The Morgan fingerprint density at radius 2 is 1.90 bits per heavy atom. The lowest BCUT2D eigenvalue weighted by Gasteiger charge is -2.38. The topological polar surface area (TPSA) is 20.3 Å². The molecule has 1 unspecified atom stereocenters. The average Bonchev–Trinajstić information content (AvgIpc) is 2.48. The summed E-state index contributed by atoms with van der Waals surface area (Å²) in [6.45, 7) is 2.59. The Bertz CT molecular complexity index is 651. The molecule has 0 fully saturated rings. The Balaban J connectivity index is 2.00. The van der Waals surface area contributed by atoms with Gasteiger partial charge < -0.3 is 4.90 Å². The summed E-state index contributed by atoms with van der Waals surface area (Å²) < 4.78 is 0. The van der Waals surface area contributed by atoms with Crippen molar-refractivity contribution in [3.8, 4) is 0 Å². The highest BCUT2D eigenvalue weighted by Gasteiger charge is 2.28. The van der Waals surface area contributed by atoms with Crippen molar-refractivity contribution in [2.45, 2.75) is 25.8 Å². The molecule has 1 atom stereocenters. The van der Waals surface area contributed by atoms with Gasteiger partial charge in [0.2, 0.25) is 0 Å². The largest absolute Gasteiger partial charge is 0.364 e. The molecule has 0 N–H and O–H groups in total. The summed E-state index contributed by atoms with van der Waals surface area (Å²) in [5, 5.41) is 0.735. The first-order chi connectivity index (χ1) is 10.1. The van der Waals surface area contributed by atoms with Gasteiger partial charge >= 0.3 is 0 Å². The molecule has 1 aliphatic rings. The van der Waals surface area contributed by atoms with Gasteiger partial charge in [-0.25, -0.2) is 0 Å². The zero-order valence-corrected chi connectivity index (χ0v) is 12.8. The van der Waals surface area contributed by atoms with Crippen LogP contribution in [-0.2, 0) is 11.2 Å². The summed E-state index contributed by atoms with van der Waals surface area (Å²) in [5.74, 6) is 0.218. The SMILES string of the molecule is CC(=O)CC1c2ccccc2CCN1c1ccc(Cl)cc1. The molecule has 1 aliphatic heterocycles. The molecule has 0 bridgehead atoms. The Labute approximate surface area is 130 Å². The number of anilines is 1. The number of benzene rings is 2. The lowest BCUT2D eigenvalue weighted by molar-refractivity contribution is -0.117. The van der Waals surface area contributed by atoms with E-state index in [9.17, 15) is 4.79 Å². The van der Waals surface area contributed by atoms with Crippen molar-refractivity contribution < 1.29 is 4.79 Å². The average molecular weight is 300 g/mol. The second kappa shape index (κ2) is 5.90. The van der Waals surface area contributed by atoms with Crippen LogP contribution in [0.2, 0.25) is 5.02 Å². The maximum Gasteiger partial charge on any atom is 0.132 e. The zero-order valence-electron chi connectivity index (χ0n) is 12.1. The van der Waals surface area contributed by atoms with Crippen LogP contribution in [0, 0.1) is 0 Å². The van der Waals surface area contributed by atoms with E-state index in [0.717, 1.165) is 23.7 Å². The van der Waals surface area contributed by atoms with Crippen LogP contribution in [0.1, 0.15) is 30.5 Å². The van der Waals surface area contributed by atoms with Crippen LogP contribution in [0.15, 0.2) is 48.5 Å². The molecule has 0 amide bonds. The first kappa shape index (κ1) is 14.2. The maximum absolute atomic E-state index is 11.7. The summed E-state index contributed by atoms with van der Waals surface area (Å²) in [5.41, 5.74) is 3.75. The zero-order chi connectivity index (χ0) is 14.8. The molecule has 108 valence electrons. The van der Waals surface area contributed by atoms with Gasteiger partial charge in [-0.15, -0.1) is 0 Å². The second-order valence-corrected chi connectivity index (χ2v) is 5.98. The first-order valence-electron chi connectivity index (χ1n) is 7.24. The van der Waals surface area contributed by atoms with E-state index in [2.05, 4.69) is 29.2 Å². The van der Waals surface area contributed by atoms with E-state index in [1.165, 1.54) is 11.1 Å². The molecule has 0 spiro atoms. The van der Waals surface area contributed by atoms with Crippen molar-refractivity contribution in [3.05, 3.63) is 64.7 Å². The number of Topliss-reactive ketones (excluding diaryl/α,β-unsaturated/α-hetero) is 1. The van der Waals surface area contributed by atoms with Gasteiger partial charge in [-0.2, -0.15) is 0 Å². The molecular weight excluding hydrogens is 282 g/mol. The van der Waals surface area contributed by atoms with Crippen LogP contribution >= 0.6 is 11.6 Å². The van der Waals surface area contributed by atoms with Crippen molar-refractivity contribution in [2.24, 2.45) is 0 Å². The summed E-state index contributed by atoms with van der Waals surface area (Å²) in [6.07, 6.45) is 1.55. The highest BCUT2D eigenvalue weighted by Crippen LogP contribution is 2.36. The number of carbonyl (C=O) groups excluding carboxylic acids is 1. The molecule has 2 aromatic carbocycles. The van der Waals surface area contributed by atoms with Crippen LogP contribution < -0.4 is 4.90 Å². The number of fused-ring (bicyclic) bond motifs is 1. The van der Waals surface area contributed by atoms with Gasteiger partial charge in [-0.3, -0.25) is 4.79 Å². The Kier molecular flexibility index (Phi) is 3.98. The quantitative estimate of drug-likeness (QED) is 0.836. The molecule has 0 saturated carbocycles. The third kappa shape index (κ3) is 2.96. The van der Waals surface area contributed by atoms with Crippen molar-refractivity contribution in [2.75, 3.05) is 11.4 Å². The lowest BCUT2D eigenvalue weighted by atomic mass is 9.89. The van der Waals surface area contributed by atoms with Crippen LogP contribution in [-0.4, -0.2) is 12.3 Å². The number of hydrogen-bond donors (Lipinski definition) is 0. The lowest BCUT2D eigenvalue weighted by Crippen LogP contribution is -2.36. The Hall–Kier alpha value is -1.80. The predicted molar refractivity (Wildman–Crippen MR) is 87.0 cm³/mol. The summed E-state index contributed by atoms with van der Waals surface area (Å²) in [6, 6.07) is 16.4. The normalized spacial score (nSPS) is 17.4. The number of hydrogen-bond acceptors (Lipinski definition) is 2. The van der Waals surface area contributed by atoms with E-state index in [4.69, 9.17) is 11.6 Å². The number of ketones is 1. The first-order valence-corrected chi connectivity index (χ1v) is 7.62. The van der Waals surface area contributed by atoms with Crippen LogP contribution in [0.5, 0.6) is 0 Å². The molecule has 0 radical (unpaired) electrons. The maximum atomic E-state index is 11.7. The molecule has 3 heteroatoms. The number of carbonyl (C=O) groups is 1.